The predicted molar refractivity (Wildman–Crippen MR) is 83.7 cm³/mol. The van der Waals surface area contributed by atoms with E-state index >= 15 is 0 Å². The molecule has 0 N–H and O–H groups in total. The summed E-state index contributed by atoms with van der Waals surface area (Å²) in [5.41, 5.74) is 0.834. The maximum absolute atomic E-state index is 12.6. The lowest BCUT2D eigenvalue weighted by Crippen LogP contribution is -2.26. The van der Waals surface area contributed by atoms with Crippen molar-refractivity contribution in [1.82, 2.24) is 4.31 Å². The third-order valence-electron chi connectivity index (χ3n) is 3.15. The summed E-state index contributed by atoms with van der Waals surface area (Å²) < 4.78 is 37.2. The number of furan rings is 1. The van der Waals surface area contributed by atoms with Gasteiger partial charge in [-0.1, -0.05) is 12.1 Å². The molecule has 0 bridgehead atoms. The number of hydrogen-bond acceptors (Lipinski definition) is 4. The van der Waals surface area contributed by atoms with Crippen molar-refractivity contribution < 1.29 is 17.6 Å². The van der Waals surface area contributed by atoms with E-state index in [0.717, 1.165) is 5.56 Å². The van der Waals surface area contributed by atoms with Gasteiger partial charge >= 0.3 is 0 Å². The van der Waals surface area contributed by atoms with Gasteiger partial charge in [0, 0.05) is 7.05 Å². The van der Waals surface area contributed by atoms with Crippen molar-refractivity contribution in [3.05, 3.63) is 54.0 Å². The number of hydrogen-bond donors (Lipinski definition) is 0. The molecule has 0 saturated carbocycles. The first kappa shape index (κ1) is 16.7. The third kappa shape index (κ3) is 4.19. The van der Waals surface area contributed by atoms with E-state index in [-0.39, 0.29) is 17.5 Å². The highest BCUT2D eigenvalue weighted by Crippen LogP contribution is 2.19. The summed E-state index contributed by atoms with van der Waals surface area (Å²) >= 11 is 0. The number of nitrogens with zero attached hydrogens (tertiary/aromatic N) is 1. The Morgan fingerprint density at radius 1 is 1.23 bits per heavy atom. The molecule has 0 unspecified atom stereocenters. The number of benzene rings is 1. The molecule has 0 aliphatic heterocycles. The van der Waals surface area contributed by atoms with Crippen LogP contribution < -0.4 is 0 Å². The lowest BCUT2D eigenvalue weighted by atomic mass is 10.2. The van der Waals surface area contributed by atoms with Crippen LogP contribution in [0, 0.1) is 0 Å². The molecule has 0 radical (unpaired) electrons. The molecule has 2 aromatic rings. The quantitative estimate of drug-likeness (QED) is 0.786. The zero-order valence-corrected chi connectivity index (χ0v) is 13.8. The van der Waals surface area contributed by atoms with Crippen LogP contribution in [0.4, 0.5) is 0 Å². The van der Waals surface area contributed by atoms with Gasteiger partial charge in [0.05, 0.1) is 30.4 Å². The molecule has 0 atom stereocenters. The van der Waals surface area contributed by atoms with Crippen LogP contribution in [0.2, 0.25) is 0 Å². The highest BCUT2D eigenvalue weighted by atomic mass is 32.2. The molecular formula is C16H21NO4S. The zero-order valence-electron chi connectivity index (χ0n) is 13.0. The van der Waals surface area contributed by atoms with E-state index in [1.165, 1.54) is 17.6 Å². The number of sulfonamides is 1. The molecule has 22 heavy (non-hydrogen) atoms. The van der Waals surface area contributed by atoms with Gasteiger partial charge in [-0.15, -0.1) is 0 Å². The molecule has 1 aromatic heterocycles. The summed E-state index contributed by atoms with van der Waals surface area (Å²) in [6.07, 6.45) is 1.63. The largest absolute Gasteiger partial charge is 0.468 e. The molecule has 2 rings (SSSR count). The van der Waals surface area contributed by atoms with E-state index in [1.807, 2.05) is 19.9 Å². The molecule has 0 spiro atoms. The van der Waals surface area contributed by atoms with Crippen molar-refractivity contribution in [3.8, 4) is 0 Å². The van der Waals surface area contributed by atoms with Gasteiger partial charge < -0.3 is 9.15 Å². The fraction of sp³-hybridized carbons (Fsp3) is 0.375. The summed E-state index contributed by atoms with van der Waals surface area (Å²) in [6, 6.07) is 10.3. The second kappa shape index (κ2) is 7.09. The average molecular weight is 323 g/mol. The average Bonchev–Trinajstić information content (AvgIpc) is 2.98. The molecule has 6 heteroatoms. The van der Waals surface area contributed by atoms with Crippen LogP contribution in [-0.2, 0) is 27.9 Å². The Bertz CT molecular complexity index is 693. The van der Waals surface area contributed by atoms with E-state index in [4.69, 9.17) is 9.15 Å². The molecule has 0 aliphatic rings. The monoisotopic (exact) mass is 323 g/mol. The Morgan fingerprint density at radius 3 is 2.64 bits per heavy atom. The summed E-state index contributed by atoms with van der Waals surface area (Å²) in [5, 5.41) is 0. The zero-order chi connectivity index (χ0) is 16.2. The first-order valence-corrected chi connectivity index (χ1v) is 8.53. The van der Waals surface area contributed by atoms with Crippen LogP contribution in [0.25, 0.3) is 0 Å². The fourth-order valence-corrected chi connectivity index (χ4v) is 3.15. The standard InChI is InChI=1S/C16H21NO4S/c1-13(2)21-12-14-6-4-8-16(10-14)22(18,19)17(3)11-15-7-5-9-20-15/h4-10,13H,11-12H2,1-3H3. The molecule has 5 nitrogen and oxygen atoms in total. The van der Waals surface area contributed by atoms with Crippen LogP contribution in [0.5, 0.6) is 0 Å². The second-order valence-electron chi connectivity index (χ2n) is 5.35. The van der Waals surface area contributed by atoms with Gasteiger partial charge in [0.25, 0.3) is 0 Å². The Hall–Kier alpha value is -1.63. The molecule has 0 saturated heterocycles. The van der Waals surface area contributed by atoms with E-state index in [0.29, 0.717) is 12.4 Å². The van der Waals surface area contributed by atoms with E-state index in [9.17, 15) is 8.42 Å². The van der Waals surface area contributed by atoms with Crippen LogP contribution in [0.1, 0.15) is 25.2 Å². The smallest absolute Gasteiger partial charge is 0.243 e. The molecule has 0 amide bonds. The maximum Gasteiger partial charge on any atom is 0.243 e. The van der Waals surface area contributed by atoms with Gasteiger partial charge in [-0.25, -0.2) is 8.42 Å². The third-order valence-corrected chi connectivity index (χ3v) is 4.95. The molecule has 1 aromatic carbocycles. The van der Waals surface area contributed by atoms with Crippen molar-refractivity contribution in [2.45, 2.75) is 38.0 Å². The predicted octanol–water partition coefficient (Wildman–Crippen LogP) is 3.03. The summed E-state index contributed by atoms with van der Waals surface area (Å²) in [6.45, 7) is 4.47. The molecule has 0 fully saturated rings. The SMILES string of the molecule is CC(C)OCc1cccc(S(=O)(=O)N(C)Cc2ccco2)c1. The summed E-state index contributed by atoms with van der Waals surface area (Å²) in [5.74, 6) is 0.602. The topological polar surface area (TPSA) is 59.8 Å². The minimum atomic E-state index is -3.56. The highest BCUT2D eigenvalue weighted by molar-refractivity contribution is 7.89. The molecule has 0 aliphatic carbocycles. The van der Waals surface area contributed by atoms with Crippen molar-refractivity contribution >= 4 is 10.0 Å². The summed E-state index contributed by atoms with van der Waals surface area (Å²) in [7, 11) is -2.02. The van der Waals surface area contributed by atoms with Gasteiger partial charge in [-0.05, 0) is 43.7 Å². The lowest BCUT2D eigenvalue weighted by Gasteiger charge is -2.16. The minimum Gasteiger partial charge on any atom is -0.468 e. The fourth-order valence-electron chi connectivity index (χ4n) is 1.95. The Kier molecular flexibility index (Phi) is 5.39. The van der Waals surface area contributed by atoms with E-state index < -0.39 is 10.0 Å². The van der Waals surface area contributed by atoms with Gasteiger partial charge in [0.15, 0.2) is 0 Å². The van der Waals surface area contributed by atoms with Crippen molar-refractivity contribution in [2.24, 2.45) is 0 Å². The Labute approximate surface area is 131 Å². The normalized spacial score (nSPS) is 12.2. The van der Waals surface area contributed by atoms with Crippen molar-refractivity contribution in [1.29, 1.82) is 0 Å². The van der Waals surface area contributed by atoms with E-state index in [1.54, 1.807) is 30.3 Å². The van der Waals surface area contributed by atoms with Gasteiger partial charge in [-0.2, -0.15) is 4.31 Å². The van der Waals surface area contributed by atoms with Crippen molar-refractivity contribution in [2.75, 3.05) is 7.05 Å². The first-order valence-electron chi connectivity index (χ1n) is 7.09. The highest BCUT2D eigenvalue weighted by Gasteiger charge is 2.22. The lowest BCUT2D eigenvalue weighted by molar-refractivity contribution is 0.0656. The minimum absolute atomic E-state index is 0.0990. The summed E-state index contributed by atoms with van der Waals surface area (Å²) in [4.78, 5) is 0.256. The molecule has 1 heterocycles. The van der Waals surface area contributed by atoms with Crippen molar-refractivity contribution in [3.63, 3.8) is 0 Å². The number of rotatable bonds is 7. The Balaban J connectivity index is 2.16. The molecule has 120 valence electrons. The van der Waals surface area contributed by atoms with Crippen LogP contribution in [-0.4, -0.2) is 25.9 Å². The van der Waals surface area contributed by atoms with Gasteiger partial charge in [-0.3, -0.25) is 0 Å². The molecular weight excluding hydrogens is 302 g/mol. The maximum atomic E-state index is 12.6. The van der Waals surface area contributed by atoms with Crippen LogP contribution in [0.15, 0.2) is 52.0 Å². The van der Waals surface area contributed by atoms with Crippen LogP contribution >= 0.6 is 0 Å². The Morgan fingerprint density at radius 2 is 2.00 bits per heavy atom. The first-order chi connectivity index (χ1) is 10.4. The van der Waals surface area contributed by atoms with Crippen LogP contribution in [0.3, 0.4) is 0 Å². The van der Waals surface area contributed by atoms with Gasteiger partial charge in [0.1, 0.15) is 5.76 Å². The van der Waals surface area contributed by atoms with Gasteiger partial charge in [0.2, 0.25) is 10.0 Å². The number of ether oxygens (including phenoxy) is 1. The second-order valence-corrected chi connectivity index (χ2v) is 7.39. The van der Waals surface area contributed by atoms with E-state index in [2.05, 4.69) is 0 Å².